The van der Waals surface area contributed by atoms with Crippen LogP contribution in [0, 0.1) is 5.41 Å². The van der Waals surface area contributed by atoms with E-state index in [2.05, 4.69) is 15.7 Å². The van der Waals surface area contributed by atoms with Gasteiger partial charge in [0.15, 0.2) is 5.78 Å². The van der Waals surface area contributed by atoms with Gasteiger partial charge in [-0.2, -0.15) is 0 Å². The van der Waals surface area contributed by atoms with Crippen molar-refractivity contribution in [1.82, 2.24) is 20.4 Å². The molecule has 10 heteroatoms. The molecule has 0 spiro atoms. The largest absolute Gasteiger partial charge is 0.411 e. The lowest BCUT2D eigenvalue weighted by Crippen LogP contribution is -2.48. The van der Waals surface area contributed by atoms with Crippen molar-refractivity contribution in [3.05, 3.63) is 36.0 Å². The summed E-state index contributed by atoms with van der Waals surface area (Å²) in [5.41, 5.74) is 7.08. The Balaban J connectivity index is 2.09. The molecule has 10 nitrogen and oxygen atoms in total. The van der Waals surface area contributed by atoms with E-state index < -0.39 is 18.0 Å². The molecule has 2 rings (SSSR count). The summed E-state index contributed by atoms with van der Waals surface area (Å²) in [5.74, 6) is -0.740. The Kier molecular flexibility index (Phi) is 8.94. The van der Waals surface area contributed by atoms with Crippen molar-refractivity contribution in [2.75, 3.05) is 6.54 Å². The predicted molar refractivity (Wildman–Crippen MR) is 127 cm³/mol. The molecule has 0 aliphatic rings. The van der Waals surface area contributed by atoms with E-state index in [4.69, 9.17) is 10.5 Å². The highest BCUT2D eigenvalue weighted by Gasteiger charge is 2.23. The van der Waals surface area contributed by atoms with Crippen molar-refractivity contribution < 1.29 is 23.9 Å². The second kappa shape index (κ2) is 11.4. The molecule has 0 fully saturated rings. The molecule has 0 saturated carbocycles. The van der Waals surface area contributed by atoms with Crippen LogP contribution in [0.2, 0.25) is 0 Å². The number of carbonyl (C=O) groups is 4. The fourth-order valence-electron chi connectivity index (χ4n) is 3.38. The van der Waals surface area contributed by atoms with Crippen molar-refractivity contribution in [3.63, 3.8) is 0 Å². The van der Waals surface area contributed by atoms with Crippen LogP contribution in [0.3, 0.4) is 0 Å². The lowest BCUT2D eigenvalue weighted by molar-refractivity contribution is -0.129. The number of hydrogen-bond donors (Lipinski definition) is 3. The fraction of sp³-hybridized carbons (Fsp3) is 0.458. The van der Waals surface area contributed by atoms with Gasteiger partial charge in [-0.05, 0) is 16.5 Å². The zero-order valence-electron chi connectivity index (χ0n) is 20.3. The average molecular weight is 472 g/mol. The van der Waals surface area contributed by atoms with E-state index in [1.54, 1.807) is 37.5 Å². The third-order valence-corrected chi connectivity index (χ3v) is 5.48. The SMILES string of the molecule is CCC(C)(C)CC(=O)CNC(=O)C(Cc1ccc(-c2cn(C)nc2OC(N)=O)cc1)NC(C)=O. The lowest BCUT2D eigenvalue weighted by Gasteiger charge is -2.22. The number of primary amides is 1. The standard InChI is InChI=1S/C24H33N5O5/c1-6-24(3,4)12-18(31)13-26-21(32)20(27-15(2)30)11-16-7-9-17(10-8-16)19-14-29(5)28-22(19)34-23(25)33/h7-10,14,20H,6,11-13H2,1-5H3,(H2,25,33)(H,26,32)(H,27,30). The van der Waals surface area contributed by atoms with Gasteiger partial charge in [-0.3, -0.25) is 19.1 Å². The molecule has 1 unspecified atom stereocenters. The monoisotopic (exact) mass is 471 g/mol. The van der Waals surface area contributed by atoms with E-state index in [1.807, 2.05) is 20.8 Å². The zero-order chi connectivity index (χ0) is 25.5. The second-order valence-electron chi connectivity index (χ2n) is 9.05. The van der Waals surface area contributed by atoms with Crippen LogP contribution in [0.25, 0.3) is 11.1 Å². The van der Waals surface area contributed by atoms with Crippen molar-refractivity contribution >= 4 is 23.7 Å². The molecular weight excluding hydrogens is 438 g/mol. The van der Waals surface area contributed by atoms with Crippen LogP contribution in [0.5, 0.6) is 5.88 Å². The van der Waals surface area contributed by atoms with Crippen molar-refractivity contribution in [1.29, 1.82) is 0 Å². The maximum atomic E-state index is 12.7. The predicted octanol–water partition coefficient (Wildman–Crippen LogP) is 2.10. The maximum Gasteiger partial charge on any atom is 0.411 e. The molecule has 3 amide bonds. The topological polar surface area (TPSA) is 145 Å². The highest BCUT2D eigenvalue weighted by molar-refractivity contribution is 5.91. The molecule has 184 valence electrons. The maximum absolute atomic E-state index is 12.7. The van der Waals surface area contributed by atoms with E-state index in [-0.39, 0.29) is 36.0 Å². The van der Waals surface area contributed by atoms with Crippen molar-refractivity contribution in [3.8, 4) is 17.0 Å². The smallest absolute Gasteiger partial charge is 0.389 e. The summed E-state index contributed by atoms with van der Waals surface area (Å²) in [6.45, 7) is 7.28. The Hall–Kier alpha value is -3.69. The van der Waals surface area contributed by atoms with E-state index in [9.17, 15) is 19.2 Å². The number of aromatic nitrogens is 2. The Morgan fingerprint density at radius 3 is 2.38 bits per heavy atom. The number of Topliss-reactive ketones (excluding diaryl/α,β-unsaturated/α-hetero) is 1. The first-order valence-corrected chi connectivity index (χ1v) is 11.1. The van der Waals surface area contributed by atoms with E-state index in [0.29, 0.717) is 12.0 Å². The minimum absolute atomic E-state index is 0.0587. The quantitative estimate of drug-likeness (QED) is 0.458. The Morgan fingerprint density at radius 2 is 1.82 bits per heavy atom. The first-order chi connectivity index (χ1) is 15.9. The number of hydrogen-bond acceptors (Lipinski definition) is 6. The normalized spacial score (nSPS) is 12.0. The number of ether oxygens (including phenoxy) is 1. The molecule has 0 radical (unpaired) electrons. The van der Waals surface area contributed by atoms with Gasteiger partial charge in [0.05, 0.1) is 12.1 Å². The Labute approximate surface area is 199 Å². The highest BCUT2D eigenvalue weighted by atomic mass is 16.6. The fourth-order valence-corrected chi connectivity index (χ4v) is 3.38. The van der Waals surface area contributed by atoms with Gasteiger partial charge >= 0.3 is 6.09 Å². The number of rotatable bonds is 11. The summed E-state index contributed by atoms with van der Waals surface area (Å²) < 4.78 is 6.45. The van der Waals surface area contributed by atoms with Crippen LogP contribution in [0.1, 0.15) is 46.1 Å². The third kappa shape index (κ3) is 8.02. The summed E-state index contributed by atoms with van der Waals surface area (Å²) in [4.78, 5) is 47.7. The van der Waals surface area contributed by atoms with E-state index in [1.165, 1.54) is 11.6 Å². The number of benzene rings is 1. The summed E-state index contributed by atoms with van der Waals surface area (Å²) in [5, 5.41) is 9.37. The molecule has 0 aliphatic carbocycles. The molecule has 0 bridgehead atoms. The lowest BCUT2D eigenvalue weighted by atomic mass is 9.85. The van der Waals surface area contributed by atoms with Gasteiger partial charge in [-0.25, -0.2) is 4.79 Å². The number of nitrogens with two attached hydrogens (primary N) is 1. The number of aryl methyl sites for hydroxylation is 1. The summed E-state index contributed by atoms with van der Waals surface area (Å²) in [7, 11) is 1.69. The number of amides is 3. The molecule has 34 heavy (non-hydrogen) atoms. The third-order valence-electron chi connectivity index (χ3n) is 5.48. The van der Waals surface area contributed by atoms with E-state index >= 15 is 0 Å². The van der Waals surface area contributed by atoms with Crippen LogP contribution in [0.15, 0.2) is 30.5 Å². The van der Waals surface area contributed by atoms with Gasteiger partial charge in [-0.1, -0.05) is 51.5 Å². The van der Waals surface area contributed by atoms with Gasteiger partial charge in [0.2, 0.25) is 11.8 Å². The number of ketones is 1. The molecule has 1 heterocycles. The Bertz CT molecular complexity index is 1040. The van der Waals surface area contributed by atoms with Gasteiger partial charge in [0.1, 0.15) is 6.04 Å². The summed E-state index contributed by atoms with van der Waals surface area (Å²) >= 11 is 0. The molecule has 1 atom stereocenters. The van der Waals surface area contributed by atoms with Crippen LogP contribution in [-0.2, 0) is 27.9 Å². The van der Waals surface area contributed by atoms with Gasteiger partial charge in [-0.15, -0.1) is 5.10 Å². The second-order valence-corrected chi connectivity index (χ2v) is 9.05. The van der Waals surface area contributed by atoms with Crippen molar-refractivity contribution in [2.45, 2.75) is 53.0 Å². The molecule has 2 aromatic rings. The van der Waals surface area contributed by atoms with Crippen LogP contribution >= 0.6 is 0 Å². The first-order valence-electron chi connectivity index (χ1n) is 11.1. The molecule has 1 aromatic heterocycles. The average Bonchev–Trinajstić information content (AvgIpc) is 3.10. The molecule has 0 saturated heterocycles. The van der Waals surface area contributed by atoms with Gasteiger partial charge in [0.25, 0.3) is 5.88 Å². The number of carbonyl (C=O) groups excluding carboxylic acids is 4. The van der Waals surface area contributed by atoms with Crippen LogP contribution < -0.4 is 21.1 Å². The Morgan fingerprint density at radius 1 is 1.18 bits per heavy atom. The van der Waals surface area contributed by atoms with Gasteiger partial charge in [0, 0.05) is 33.0 Å². The minimum Gasteiger partial charge on any atom is -0.389 e. The highest BCUT2D eigenvalue weighted by Crippen LogP contribution is 2.29. The first kappa shape index (κ1) is 26.6. The van der Waals surface area contributed by atoms with Crippen molar-refractivity contribution in [2.24, 2.45) is 18.2 Å². The number of nitrogens with one attached hydrogen (secondary N) is 2. The molecule has 1 aromatic carbocycles. The molecular formula is C24H33N5O5. The zero-order valence-corrected chi connectivity index (χ0v) is 20.3. The number of nitrogens with zero attached hydrogens (tertiary/aromatic N) is 2. The molecule has 4 N–H and O–H groups in total. The van der Waals surface area contributed by atoms with Crippen LogP contribution in [0.4, 0.5) is 4.79 Å². The van der Waals surface area contributed by atoms with Crippen LogP contribution in [-0.4, -0.2) is 46.1 Å². The molecule has 0 aliphatic heterocycles. The van der Waals surface area contributed by atoms with Gasteiger partial charge < -0.3 is 21.1 Å². The van der Waals surface area contributed by atoms with E-state index in [0.717, 1.165) is 17.5 Å². The summed E-state index contributed by atoms with van der Waals surface area (Å²) in [6, 6.07) is 6.35. The summed E-state index contributed by atoms with van der Waals surface area (Å²) in [6.07, 6.45) is 2.19. The minimum atomic E-state index is -0.961.